The topological polar surface area (TPSA) is 126 Å². The molecule has 0 saturated carbocycles. The number of nitro benzene ring substituents is 1. The van der Waals surface area contributed by atoms with E-state index in [1.54, 1.807) is 6.92 Å². The van der Waals surface area contributed by atoms with Crippen molar-refractivity contribution in [2.45, 2.75) is 30.3 Å². The Hall–Kier alpha value is -2.62. The lowest BCUT2D eigenvalue weighted by atomic mass is 10.2. The number of esters is 1. The molecule has 0 aliphatic carbocycles. The molecule has 0 atom stereocenters. The fraction of sp³-hybridized carbons (Fsp3) is 0.308. The van der Waals surface area contributed by atoms with E-state index in [4.69, 9.17) is 10.6 Å². The molecular weight excluding hydrogens is 322 g/mol. The number of hydrogen-bond acceptors (Lipinski definition) is 8. The zero-order valence-corrected chi connectivity index (χ0v) is 13.4. The van der Waals surface area contributed by atoms with E-state index in [2.05, 4.69) is 10.2 Å². The Bertz CT molecular complexity index is 746. The van der Waals surface area contributed by atoms with Crippen LogP contribution in [-0.2, 0) is 11.2 Å². The molecule has 0 saturated heterocycles. The number of carbonyl (C=O) groups excluding carboxylic acids is 1. The van der Waals surface area contributed by atoms with Gasteiger partial charge in [-0.05, 0) is 24.8 Å². The minimum Gasteiger partial charge on any atom is -0.462 e. The zero-order valence-electron chi connectivity index (χ0n) is 12.6. The van der Waals surface area contributed by atoms with Crippen LogP contribution in [0.25, 0.3) is 0 Å². The van der Waals surface area contributed by atoms with E-state index in [0.717, 1.165) is 11.8 Å². The maximum Gasteiger partial charge on any atom is 0.339 e. The van der Waals surface area contributed by atoms with Gasteiger partial charge in [-0.25, -0.2) is 9.47 Å². The third kappa shape index (κ3) is 3.59. The molecular formula is C13H15N5O4S. The summed E-state index contributed by atoms with van der Waals surface area (Å²) in [5.74, 6) is 5.82. The number of aromatic nitrogens is 3. The fourth-order valence-electron chi connectivity index (χ4n) is 1.81. The average molecular weight is 337 g/mol. The highest BCUT2D eigenvalue weighted by atomic mass is 32.2. The van der Waals surface area contributed by atoms with E-state index in [0.29, 0.717) is 22.3 Å². The lowest BCUT2D eigenvalue weighted by Crippen LogP contribution is -2.13. The molecule has 0 amide bonds. The summed E-state index contributed by atoms with van der Waals surface area (Å²) in [6, 6.07) is 3.96. The standard InChI is InChI=1S/C13H15N5O4S/c1-3-11-15-16-13(17(11)14)23-10-6-5-8(18(20)21)7-9(10)12(19)22-4-2/h5-7H,3-4,14H2,1-2H3. The molecule has 9 nitrogen and oxygen atoms in total. The van der Waals surface area contributed by atoms with Gasteiger partial charge in [0.25, 0.3) is 5.69 Å². The summed E-state index contributed by atoms with van der Waals surface area (Å²) >= 11 is 1.09. The molecule has 0 bridgehead atoms. The number of hydrogen-bond donors (Lipinski definition) is 1. The second kappa shape index (κ2) is 7.09. The number of carbonyl (C=O) groups is 1. The summed E-state index contributed by atoms with van der Waals surface area (Å²) in [6.07, 6.45) is 0.606. The van der Waals surface area contributed by atoms with Gasteiger partial charge < -0.3 is 10.6 Å². The van der Waals surface area contributed by atoms with Gasteiger partial charge >= 0.3 is 5.97 Å². The van der Waals surface area contributed by atoms with Crippen molar-refractivity contribution in [2.75, 3.05) is 12.4 Å². The Morgan fingerprint density at radius 2 is 2.17 bits per heavy atom. The molecule has 0 spiro atoms. The van der Waals surface area contributed by atoms with E-state index in [9.17, 15) is 14.9 Å². The monoisotopic (exact) mass is 337 g/mol. The number of aryl methyl sites for hydroxylation is 1. The molecule has 10 heteroatoms. The summed E-state index contributed by atoms with van der Waals surface area (Å²) in [5, 5.41) is 19.2. The minimum absolute atomic E-state index is 0.0899. The van der Waals surface area contributed by atoms with Crippen LogP contribution in [0.1, 0.15) is 30.0 Å². The molecule has 0 radical (unpaired) electrons. The van der Waals surface area contributed by atoms with Gasteiger partial charge in [0.2, 0.25) is 5.16 Å². The summed E-state index contributed by atoms with van der Waals surface area (Å²) in [6.45, 7) is 3.71. The maximum absolute atomic E-state index is 12.0. The lowest BCUT2D eigenvalue weighted by Gasteiger charge is -2.08. The van der Waals surface area contributed by atoms with Crippen LogP contribution in [0.5, 0.6) is 0 Å². The second-order valence-corrected chi connectivity index (χ2v) is 5.39. The van der Waals surface area contributed by atoms with E-state index >= 15 is 0 Å². The van der Waals surface area contributed by atoms with Crippen LogP contribution in [0, 0.1) is 10.1 Å². The molecule has 2 rings (SSSR count). The first kappa shape index (κ1) is 16.7. The van der Waals surface area contributed by atoms with Crippen molar-refractivity contribution in [3.8, 4) is 0 Å². The smallest absolute Gasteiger partial charge is 0.339 e. The predicted octanol–water partition coefficient (Wildman–Crippen LogP) is 1.79. The van der Waals surface area contributed by atoms with Gasteiger partial charge in [-0.15, -0.1) is 10.2 Å². The largest absolute Gasteiger partial charge is 0.462 e. The van der Waals surface area contributed by atoms with E-state index in [-0.39, 0.29) is 17.9 Å². The van der Waals surface area contributed by atoms with Gasteiger partial charge in [-0.3, -0.25) is 10.1 Å². The number of non-ortho nitro benzene ring substituents is 1. The Labute approximate surface area is 136 Å². The van der Waals surface area contributed by atoms with Crippen molar-refractivity contribution in [3.05, 3.63) is 39.7 Å². The molecule has 1 heterocycles. The molecule has 1 aromatic heterocycles. The average Bonchev–Trinajstić information content (AvgIpc) is 2.88. The highest BCUT2D eigenvalue weighted by Gasteiger charge is 2.20. The fourth-order valence-corrected chi connectivity index (χ4v) is 2.68. The third-order valence-corrected chi connectivity index (χ3v) is 3.96. The van der Waals surface area contributed by atoms with Gasteiger partial charge in [-0.2, -0.15) is 0 Å². The van der Waals surface area contributed by atoms with Gasteiger partial charge in [0.05, 0.1) is 17.1 Å². The highest BCUT2D eigenvalue weighted by molar-refractivity contribution is 7.99. The summed E-state index contributed by atoms with van der Waals surface area (Å²) in [5.41, 5.74) is -0.104. The van der Waals surface area contributed by atoms with Gasteiger partial charge in [-0.1, -0.05) is 6.92 Å². The summed E-state index contributed by atoms with van der Waals surface area (Å²) in [7, 11) is 0. The van der Waals surface area contributed by atoms with E-state index in [1.807, 2.05) is 6.92 Å². The SMILES string of the molecule is CCOC(=O)c1cc([N+](=O)[O-])ccc1Sc1nnc(CC)n1N. The van der Waals surface area contributed by atoms with Crippen LogP contribution in [0.4, 0.5) is 5.69 Å². The zero-order chi connectivity index (χ0) is 17.0. The van der Waals surface area contributed by atoms with Crippen LogP contribution in [0.15, 0.2) is 28.3 Å². The Kier molecular flexibility index (Phi) is 5.16. The van der Waals surface area contributed by atoms with Gasteiger partial charge in [0, 0.05) is 23.4 Å². The number of nitro groups is 1. The molecule has 0 aliphatic rings. The first-order valence-corrected chi connectivity index (χ1v) is 7.62. The number of benzene rings is 1. The number of ether oxygens (including phenoxy) is 1. The lowest BCUT2D eigenvalue weighted by molar-refractivity contribution is -0.384. The van der Waals surface area contributed by atoms with Crippen molar-refractivity contribution in [1.29, 1.82) is 0 Å². The minimum atomic E-state index is -0.641. The summed E-state index contributed by atoms with van der Waals surface area (Å²) in [4.78, 5) is 22.8. The molecule has 2 N–H and O–H groups in total. The van der Waals surface area contributed by atoms with Crippen LogP contribution < -0.4 is 5.84 Å². The molecule has 23 heavy (non-hydrogen) atoms. The van der Waals surface area contributed by atoms with Crippen molar-refractivity contribution in [2.24, 2.45) is 0 Å². The van der Waals surface area contributed by atoms with Crippen LogP contribution in [0.2, 0.25) is 0 Å². The number of nitrogen functional groups attached to an aromatic ring is 1. The number of nitrogens with zero attached hydrogens (tertiary/aromatic N) is 4. The quantitative estimate of drug-likeness (QED) is 0.366. The van der Waals surface area contributed by atoms with E-state index < -0.39 is 10.9 Å². The number of rotatable bonds is 6. The normalized spacial score (nSPS) is 10.5. The Morgan fingerprint density at radius 3 is 2.74 bits per heavy atom. The van der Waals surface area contributed by atoms with Gasteiger partial charge in [0.15, 0.2) is 5.82 Å². The first-order chi connectivity index (χ1) is 11.0. The first-order valence-electron chi connectivity index (χ1n) is 6.80. The van der Waals surface area contributed by atoms with Crippen molar-refractivity contribution >= 4 is 23.4 Å². The molecule has 1 aromatic carbocycles. The highest BCUT2D eigenvalue weighted by Crippen LogP contribution is 2.31. The van der Waals surface area contributed by atoms with Gasteiger partial charge in [0.1, 0.15) is 0 Å². The summed E-state index contributed by atoms with van der Waals surface area (Å²) < 4.78 is 6.27. The third-order valence-electron chi connectivity index (χ3n) is 2.92. The van der Waals surface area contributed by atoms with Crippen LogP contribution in [-0.4, -0.2) is 32.4 Å². The molecule has 0 fully saturated rings. The van der Waals surface area contributed by atoms with E-state index in [1.165, 1.54) is 22.9 Å². The molecule has 0 unspecified atom stereocenters. The second-order valence-electron chi connectivity index (χ2n) is 4.38. The van der Waals surface area contributed by atoms with Crippen molar-refractivity contribution in [3.63, 3.8) is 0 Å². The Morgan fingerprint density at radius 1 is 1.43 bits per heavy atom. The molecule has 2 aromatic rings. The van der Waals surface area contributed by atoms with Crippen LogP contribution in [0.3, 0.4) is 0 Å². The van der Waals surface area contributed by atoms with Crippen molar-refractivity contribution in [1.82, 2.24) is 14.9 Å². The Balaban J connectivity index is 2.41. The van der Waals surface area contributed by atoms with Crippen LogP contribution >= 0.6 is 11.8 Å². The van der Waals surface area contributed by atoms with Crippen molar-refractivity contribution < 1.29 is 14.5 Å². The maximum atomic E-state index is 12.0. The molecule has 0 aliphatic heterocycles. The predicted molar refractivity (Wildman–Crippen MR) is 82.7 cm³/mol. The number of nitrogens with two attached hydrogens (primary N) is 1. The molecule has 122 valence electrons.